The molecule has 6 heteroatoms. The van der Waals surface area contributed by atoms with E-state index in [1.165, 1.54) is 0 Å². The summed E-state index contributed by atoms with van der Waals surface area (Å²) in [5.41, 5.74) is 7.03. The predicted molar refractivity (Wildman–Crippen MR) is 83.8 cm³/mol. The number of rotatable bonds is 4. The first-order valence-electron chi connectivity index (χ1n) is 7.06. The fraction of sp³-hybridized carbons (Fsp3) is 0.786. The third-order valence-corrected chi connectivity index (χ3v) is 6.66. The SMILES string of the molecule is CC(C)(C)c1csc(CC(CN)C2CCS(=O)(=O)C2)n1. The Morgan fingerprint density at radius 2 is 2.20 bits per heavy atom. The molecular weight excluding hydrogens is 292 g/mol. The molecule has 20 heavy (non-hydrogen) atoms. The molecule has 1 aliphatic rings. The van der Waals surface area contributed by atoms with E-state index in [2.05, 4.69) is 26.2 Å². The first kappa shape index (κ1) is 15.9. The third-order valence-electron chi connectivity index (χ3n) is 3.99. The van der Waals surface area contributed by atoms with Gasteiger partial charge in [0.1, 0.15) is 0 Å². The smallest absolute Gasteiger partial charge is 0.150 e. The Morgan fingerprint density at radius 3 is 2.65 bits per heavy atom. The molecule has 1 fully saturated rings. The summed E-state index contributed by atoms with van der Waals surface area (Å²) in [4.78, 5) is 4.69. The summed E-state index contributed by atoms with van der Waals surface area (Å²) in [6, 6.07) is 0. The first-order valence-corrected chi connectivity index (χ1v) is 9.77. The van der Waals surface area contributed by atoms with Crippen molar-refractivity contribution in [3.63, 3.8) is 0 Å². The summed E-state index contributed by atoms with van der Waals surface area (Å²) in [6.07, 6.45) is 1.55. The maximum Gasteiger partial charge on any atom is 0.150 e. The Morgan fingerprint density at radius 1 is 1.50 bits per heavy atom. The van der Waals surface area contributed by atoms with Crippen molar-refractivity contribution in [2.45, 2.75) is 39.0 Å². The lowest BCUT2D eigenvalue weighted by Crippen LogP contribution is -2.26. The van der Waals surface area contributed by atoms with Crippen molar-refractivity contribution in [3.8, 4) is 0 Å². The molecule has 0 amide bonds. The molecule has 1 aliphatic heterocycles. The minimum atomic E-state index is -2.83. The fourth-order valence-electron chi connectivity index (χ4n) is 2.61. The molecule has 2 rings (SSSR count). The molecule has 4 nitrogen and oxygen atoms in total. The lowest BCUT2D eigenvalue weighted by Gasteiger charge is -2.19. The monoisotopic (exact) mass is 316 g/mol. The van der Waals surface area contributed by atoms with Crippen molar-refractivity contribution in [3.05, 3.63) is 16.1 Å². The standard InChI is InChI=1S/C14H24N2O2S2/c1-14(2,3)12-8-19-13(16-12)6-11(7-15)10-4-5-20(17,18)9-10/h8,10-11H,4-7,9,15H2,1-3H3. The van der Waals surface area contributed by atoms with Crippen LogP contribution >= 0.6 is 11.3 Å². The van der Waals surface area contributed by atoms with Gasteiger partial charge in [0.25, 0.3) is 0 Å². The molecule has 1 saturated heterocycles. The summed E-state index contributed by atoms with van der Waals surface area (Å²) in [5, 5.41) is 3.18. The van der Waals surface area contributed by atoms with Gasteiger partial charge < -0.3 is 5.73 Å². The van der Waals surface area contributed by atoms with Gasteiger partial charge in [-0.1, -0.05) is 20.8 Å². The topological polar surface area (TPSA) is 73.1 Å². The van der Waals surface area contributed by atoms with Gasteiger partial charge in [0, 0.05) is 17.2 Å². The van der Waals surface area contributed by atoms with Crippen molar-refractivity contribution in [2.75, 3.05) is 18.1 Å². The van der Waals surface area contributed by atoms with Crippen LogP contribution in [-0.2, 0) is 21.7 Å². The minimum absolute atomic E-state index is 0.0592. The quantitative estimate of drug-likeness (QED) is 0.922. The van der Waals surface area contributed by atoms with Gasteiger partial charge in [-0.25, -0.2) is 13.4 Å². The van der Waals surface area contributed by atoms with Crippen molar-refractivity contribution in [1.82, 2.24) is 4.98 Å². The van der Waals surface area contributed by atoms with Crippen molar-refractivity contribution in [2.24, 2.45) is 17.6 Å². The van der Waals surface area contributed by atoms with E-state index in [-0.39, 0.29) is 17.3 Å². The summed E-state index contributed by atoms with van der Waals surface area (Å²) in [6.45, 7) is 6.98. The Labute approximate surface area is 125 Å². The zero-order chi connectivity index (χ0) is 15.0. The van der Waals surface area contributed by atoms with Gasteiger partial charge >= 0.3 is 0 Å². The third kappa shape index (κ3) is 3.80. The highest BCUT2D eigenvalue weighted by Gasteiger charge is 2.33. The second-order valence-electron chi connectivity index (χ2n) is 6.74. The van der Waals surface area contributed by atoms with Crippen molar-refractivity contribution < 1.29 is 8.42 Å². The number of nitrogens with zero attached hydrogens (tertiary/aromatic N) is 1. The van der Waals surface area contributed by atoms with Crippen LogP contribution in [0, 0.1) is 11.8 Å². The van der Waals surface area contributed by atoms with Crippen LogP contribution < -0.4 is 5.73 Å². The van der Waals surface area contributed by atoms with E-state index in [9.17, 15) is 8.42 Å². The molecule has 0 spiro atoms. The highest BCUT2D eigenvalue weighted by atomic mass is 32.2. The molecule has 2 heterocycles. The van der Waals surface area contributed by atoms with E-state index in [0.29, 0.717) is 18.1 Å². The molecule has 2 unspecified atom stereocenters. The number of hydrogen-bond donors (Lipinski definition) is 1. The van der Waals surface area contributed by atoms with Gasteiger partial charge in [0.15, 0.2) is 9.84 Å². The van der Waals surface area contributed by atoms with Gasteiger partial charge in [0.05, 0.1) is 22.2 Å². The van der Waals surface area contributed by atoms with E-state index in [1.54, 1.807) is 11.3 Å². The van der Waals surface area contributed by atoms with Crippen LogP contribution in [-0.4, -0.2) is 31.5 Å². The summed E-state index contributed by atoms with van der Waals surface area (Å²) in [5.74, 6) is 1.05. The number of hydrogen-bond acceptors (Lipinski definition) is 5. The number of nitrogens with two attached hydrogens (primary N) is 1. The van der Waals surface area contributed by atoms with Gasteiger partial charge in [0.2, 0.25) is 0 Å². The van der Waals surface area contributed by atoms with Crippen LogP contribution in [0.1, 0.15) is 37.9 Å². The van der Waals surface area contributed by atoms with Crippen LogP contribution in [0.4, 0.5) is 0 Å². The van der Waals surface area contributed by atoms with Gasteiger partial charge in [-0.15, -0.1) is 11.3 Å². The van der Waals surface area contributed by atoms with E-state index >= 15 is 0 Å². The maximum absolute atomic E-state index is 11.6. The van der Waals surface area contributed by atoms with Crippen LogP contribution in [0.2, 0.25) is 0 Å². The second kappa shape index (κ2) is 5.73. The summed E-state index contributed by atoms with van der Waals surface area (Å²) in [7, 11) is -2.83. The van der Waals surface area contributed by atoms with Crippen LogP contribution in [0.25, 0.3) is 0 Å². The zero-order valence-corrected chi connectivity index (χ0v) is 14.1. The zero-order valence-electron chi connectivity index (χ0n) is 12.4. The fourth-order valence-corrected chi connectivity index (χ4v) is 5.65. The van der Waals surface area contributed by atoms with Gasteiger partial charge in [-0.3, -0.25) is 0 Å². The molecule has 0 saturated carbocycles. The van der Waals surface area contributed by atoms with Crippen molar-refractivity contribution >= 4 is 21.2 Å². The molecule has 1 aromatic heterocycles. The average Bonchev–Trinajstić information content (AvgIpc) is 2.91. The molecule has 0 aliphatic carbocycles. The highest BCUT2D eigenvalue weighted by Crippen LogP contribution is 2.30. The predicted octanol–water partition coefficient (Wildman–Crippen LogP) is 1.99. The second-order valence-corrected chi connectivity index (χ2v) is 9.91. The maximum atomic E-state index is 11.6. The number of sulfone groups is 1. The lowest BCUT2D eigenvalue weighted by molar-refractivity contribution is 0.369. The van der Waals surface area contributed by atoms with E-state index in [4.69, 9.17) is 10.7 Å². The normalized spacial score (nSPS) is 23.9. The Bertz CT molecular complexity index is 558. The van der Waals surface area contributed by atoms with Gasteiger partial charge in [-0.05, 0) is 24.8 Å². The number of thiazole rings is 1. The lowest BCUT2D eigenvalue weighted by atomic mass is 9.89. The van der Waals surface area contributed by atoms with Crippen LogP contribution in [0.5, 0.6) is 0 Å². The summed E-state index contributed by atoms with van der Waals surface area (Å²) < 4.78 is 23.2. The van der Waals surface area contributed by atoms with Crippen LogP contribution in [0.15, 0.2) is 5.38 Å². The molecule has 0 aromatic carbocycles. The largest absolute Gasteiger partial charge is 0.330 e. The molecule has 2 N–H and O–H groups in total. The summed E-state index contributed by atoms with van der Waals surface area (Å²) >= 11 is 1.66. The highest BCUT2D eigenvalue weighted by molar-refractivity contribution is 7.91. The number of aromatic nitrogens is 1. The Balaban J connectivity index is 2.06. The molecule has 1 aromatic rings. The Hall–Kier alpha value is -0.460. The molecule has 0 radical (unpaired) electrons. The molecule has 2 atom stereocenters. The van der Waals surface area contributed by atoms with Crippen molar-refractivity contribution in [1.29, 1.82) is 0 Å². The minimum Gasteiger partial charge on any atom is -0.330 e. The van der Waals surface area contributed by atoms with Gasteiger partial charge in [-0.2, -0.15) is 0 Å². The Kier molecular flexibility index (Phi) is 4.56. The van der Waals surface area contributed by atoms with Crippen LogP contribution in [0.3, 0.4) is 0 Å². The van der Waals surface area contributed by atoms with E-state index < -0.39 is 9.84 Å². The van der Waals surface area contributed by atoms with E-state index in [1.807, 2.05) is 0 Å². The molecule has 114 valence electrons. The van der Waals surface area contributed by atoms with E-state index in [0.717, 1.165) is 23.5 Å². The first-order chi connectivity index (χ1) is 9.21. The molecule has 0 bridgehead atoms. The molecular formula is C14H24N2O2S2. The average molecular weight is 316 g/mol.